The number of hydrogen-bond donors (Lipinski definition) is 0. The van der Waals surface area contributed by atoms with Crippen LogP contribution in [-0.4, -0.2) is 24.8 Å². The number of halogens is 2. The maximum atomic E-state index is 11.1. The molecule has 0 fully saturated rings. The summed E-state index contributed by atoms with van der Waals surface area (Å²) in [4.78, 5) is 31.1. The van der Waals surface area contributed by atoms with Gasteiger partial charge in [-0.2, -0.15) is 9.97 Å². The minimum Gasteiger partial charge on any atom is -0.424 e. The SMILES string of the molecule is O=[N+]([O-])[C-](c1nc(Oc2ccc(Br)cc2)nc(Oc2ccc(Br)cc2)n1)[N+](=O)[O-].[K+]. The normalized spacial score (nSPS) is 9.93. The molecule has 0 aliphatic rings. The van der Waals surface area contributed by atoms with Gasteiger partial charge in [-0.1, -0.05) is 31.9 Å². The van der Waals surface area contributed by atoms with Gasteiger partial charge in [-0.05, 0) is 58.4 Å². The molecule has 0 amide bonds. The summed E-state index contributed by atoms with van der Waals surface area (Å²) in [5.74, 6) is -0.221. The van der Waals surface area contributed by atoms with E-state index in [1.807, 2.05) is 0 Å². The Hall–Kier alpha value is -1.68. The molecule has 3 rings (SSSR count). The molecule has 0 aliphatic heterocycles. The fourth-order valence-corrected chi connectivity index (χ4v) is 2.50. The monoisotopic (exact) mass is 563 g/mol. The third-order valence-electron chi connectivity index (χ3n) is 3.19. The van der Waals surface area contributed by atoms with Crippen LogP contribution in [0.4, 0.5) is 0 Å². The quantitative estimate of drug-likeness (QED) is 0.180. The van der Waals surface area contributed by atoms with Gasteiger partial charge in [0.05, 0.1) is 0 Å². The van der Waals surface area contributed by atoms with Gasteiger partial charge in [0, 0.05) is 8.95 Å². The fraction of sp³-hybridized carbons (Fsp3) is 0. The molecule has 3 aromatic rings. The van der Waals surface area contributed by atoms with Gasteiger partial charge in [0.15, 0.2) is 5.82 Å². The van der Waals surface area contributed by atoms with Crippen molar-refractivity contribution in [3.63, 3.8) is 0 Å². The fourth-order valence-electron chi connectivity index (χ4n) is 1.98. The second kappa shape index (κ2) is 11.1. The van der Waals surface area contributed by atoms with E-state index in [-0.39, 0.29) is 51.4 Å². The Labute approximate surface area is 228 Å². The average molecular weight is 565 g/mol. The number of aromatic nitrogens is 3. The van der Waals surface area contributed by atoms with Crippen LogP contribution >= 0.6 is 31.9 Å². The van der Waals surface area contributed by atoms with E-state index in [1.165, 1.54) is 0 Å². The van der Waals surface area contributed by atoms with Gasteiger partial charge < -0.3 is 9.47 Å². The van der Waals surface area contributed by atoms with Crippen molar-refractivity contribution in [1.29, 1.82) is 0 Å². The summed E-state index contributed by atoms with van der Waals surface area (Å²) in [7, 11) is 0. The maximum absolute atomic E-state index is 11.1. The van der Waals surface area contributed by atoms with Crippen molar-refractivity contribution in [3.05, 3.63) is 89.7 Å². The van der Waals surface area contributed by atoms with Crippen molar-refractivity contribution in [2.24, 2.45) is 0 Å². The summed E-state index contributed by atoms with van der Waals surface area (Å²) in [6.45, 7) is 0. The largest absolute Gasteiger partial charge is 1.00 e. The first kappa shape index (κ1) is 24.6. The molecule has 148 valence electrons. The molecule has 1 aromatic heterocycles. The number of nitrogens with zero attached hydrogens (tertiary/aromatic N) is 5. The van der Waals surface area contributed by atoms with E-state index in [0.717, 1.165) is 8.95 Å². The minimum atomic E-state index is -1.44. The Morgan fingerprint density at radius 2 is 1.10 bits per heavy atom. The zero-order valence-electron chi connectivity index (χ0n) is 15.1. The molecule has 1 heterocycles. The molecule has 30 heavy (non-hydrogen) atoms. The van der Waals surface area contributed by atoms with Crippen LogP contribution in [0.1, 0.15) is 5.82 Å². The zero-order chi connectivity index (χ0) is 21.0. The predicted molar refractivity (Wildman–Crippen MR) is 105 cm³/mol. The van der Waals surface area contributed by atoms with Crippen LogP contribution in [0.5, 0.6) is 23.5 Å². The van der Waals surface area contributed by atoms with E-state index < -0.39 is 33.9 Å². The Bertz CT molecular complexity index is 975. The van der Waals surface area contributed by atoms with Crippen LogP contribution in [0.3, 0.4) is 0 Å². The molecule has 0 saturated heterocycles. The maximum Gasteiger partial charge on any atom is 1.00 e. The molecule has 0 aliphatic carbocycles. The third-order valence-corrected chi connectivity index (χ3v) is 4.24. The van der Waals surface area contributed by atoms with Gasteiger partial charge in [0.1, 0.15) is 11.5 Å². The first-order valence-electron chi connectivity index (χ1n) is 7.61. The van der Waals surface area contributed by atoms with Crippen LogP contribution in [0.15, 0.2) is 57.5 Å². The Morgan fingerprint density at radius 3 is 1.43 bits per heavy atom. The van der Waals surface area contributed by atoms with Crippen molar-refractivity contribution in [2.45, 2.75) is 0 Å². The van der Waals surface area contributed by atoms with Gasteiger partial charge >= 0.3 is 69.6 Å². The standard InChI is InChI=1S/C16H8Br2N5O6.K/c17-9-1-5-11(6-2-9)28-15-19-13(14(22(24)25)23(26)27)20-16(21-15)29-12-7-3-10(18)4-8-12;/h1-8H;/q-1;+1. The Morgan fingerprint density at radius 1 is 0.733 bits per heavy atom. The van der Waals surface area contributed by atoms with E-state index >= 15 is 0 Å². The van der Waals surface area contributed by atoms with Crippen LogP contribution in [-0.2, 0) is 0 Å². The van der Waals surface area contributed by atoms with Crippen molar-refractivity contribution >= 4 is 31.9 Å². The van der Waals surface area contributed by atoms with Crippen LogP contribution < -0.4 is 60.9 Å². The molecule has 0 atom stereocenters. The van der Waals surface area contributed by atoms with Crippen molar-refractivity contribution in [3.8, 4) is 23.5 Å². The van der Waals surface area contributed by atoms with Crippen molar-refractivity contribution < 1.29 is 70.7 Å². The van der Waals surface area contributed by atoms with E-state index in [0.29, 0.717) is 11.5 Å². The second-order valence-corrected chi connectivity index (χ2v) is 7.01. The molecule has 2 aromatic carbocycles. The summed E-state index contributed by atoms with van der Waals surface area (Å²) >= 11 is 6.55. The molecule has 0 radical (unpaired) electrons. The van der Waals surface area contributed by atoms with Crippen molar-refractivity contribution in [2.75, 3.05) is 0 Å². The summed E-state index contributed by atoms with van der Waals surface area (Å²) in [6.07, 6.45) is -1.44. The van der Waals surface area contributed by atoms with Crippen LogP contribution in [0.2, 0.25) is 0 Å². The van der Waals surface area contributed by atoms with Crippen LogP contribution in [0.25, 0.3) is 0 Å². The summed E-state index contributed by atoms with van der Waals surface area (Å²) in [6, 6.07) is 12.2. The Balaban J connectivity index is 0.00000320. The molecule has 0 unspecified atom stereocenters. The molecule has 0 spiro atoms. The molecule has 0 N–H and O–H groups in total. The number of nitro groups is 2. The molecule has 0 saturated carbocycles. The zero-order valence-corrected chi connectivity index (χ0v) is 21.4. The Kier molecular flexibility index (Phi) is 9.08. The van der Waals surface area contributed by atoms with Gasteiger partial charge in [-0.25, -0.2) is 0 Å². The molecule has 11 nitrogen and oxygen atoms in total. The van der Waals surface area contributed by atoms with Gasteiger partial charge in [-0.3, -0.25) is 20.2 Å². The molecule has 0 bridgehead atoms. The second-order valence-electron chi connectivity index (χ2n) is 5.17. The van der Waals surface area contributed by atoms with E-state index in [9.17, 15) is 20.2 Å². The van der Waals surface area contributed by atoms with Crippen molar-refractivity contribution in [1.82, 2.24) is 15.0 Å². The number of hydrogen-bond acceptors (Lipinski definition) is 9. The predicted octanol–water partition coefficient (Wildman–Crippen LogP) is 1.38. The number of benzene rings is 2. The molecule has 14 heteroatoms. The third kappa shape index (κ3) is 6.66. The summed E-state index contributed by atoms with van der Waals surface area (Å²) < 4.78 is 12.5. The first-order valence-corrected chi connectivity index (χ1v) is 9.19. The molecular formula is C16H8Br2KN5O6. The minimum absolute atomic E-state index is 0. The van der Waals surface area contributed by atoms with Gasteiger partial charge in [-0.15, -0.1) is 4.98 Å². The molecular weight excluding hydrogens is 557 g/mol. The van der Waals surface area contributed by atoms with E-state index in [4.69, 9.17) is 9.47 Å². The summed E-state index contributed by atoms with van der Waals surface area (Å²) in [5.41, 5.74) is 0. The topological polar surface area (TPSA) is 143 Å². The number of ether oxygens (including phenoxy) is 2. The van der Waals surface area contributed by atoms with E-state index in [2.05, 4.69) is 46.8 Å². The van der Waals surface area contributed by atoms with E-state index in [1.54, 1.807) is 48.5 Å². The number of rotatable bonds is 7. The smallest absolute Gasteiger partial charge is 0.424 e. The first-order chi connectivity index (χ1) is 13.8. The van der Waals surface area contributed by atoms with Gasteiger partial charge in [0.25, 0.3) is 0 Å². The average Bonchev–Trinajstić information content (AvgIpc) is 2.65. The van der Waals surface area contributed by atoms with Gasteiger partial charge in [0.2, 0.25) is 0 Å². The van der Waals surface area contributed by atoms with Crippen LogP contribution in [0, 0.1) is 26.4 Å². The summed E-state index contributed by atoms with van der Waals surface area (Å²) in [5, 5.41) is 22.2.